The van der Waals surface area contributed by atoms with Gasteiger partial charge >= 0.3 is 0 Å². The van der Waals surface area contributed by atoms with Crippen LogP contribution in [-0.2, 0) is 14.1 Å². The Morgan fingerprint density at radius 2 is 0.776 bits per heavy atom. The van der Waals surface area contributed by atoms with Crippen LogP contribution in [0.25, 0.3) is 22.3 Å². The molecule has 4 aromatic carbocycles. The molecule has 58 heavy (non-hydrogen) atoms. The van der Waals surface area contributed by atoms with Crippen LogP contribution in [0.4, 0.5) is 0 Å². The molecule has 0 unspecified atom stereocenters. The first kappa shape index (κ1) is 36.3. The molecule has 0 N–H and O–H groups in total. The minimum atomic E-state index is 0.778. The number of fused-ring (bicyclic) bond motifs is 6. The standard InChI is InChI=1S/C50H42N4O4/c1-53-30-35-29-46(53)50(34-13-21-39(58-6)22-14-34)43-26-24-41(52-43)48(32-9-17-37(56-4)18-10-32)40-23-25-42(51-40)49(33-11-19-38(57-5)20-12-33)45-28-27-44(54(45)2)47(35)31-7-15-36(55-3)16-8-31/h7-30H,1-6H3. The summed E-state index contributed by atoms with van der Waals surface area (Å²) in [5, 5.41) is 2.07. The quantitative estimate of drug-likeness (QED) is 0.158. The lowest BCUT2D eigenvalue weighted by atomic mass is 9.96. The number of nitrogens with zero attached hydrogens (tertiary/aromatic N) is 4. The van der Waals surface area contributed by atoms with Crippen molar-refractivity contribution in [1.29, 1.82) is 0 Å². The number of benzene rings is 4. The molecule has 0 saturated heterocycles. The van der Waals surface area contributed by atoms with Crippen LogP contribution in [0.1, 0.15) is 33.5 Å². The zero-order chi connectivity index (χ0) is 39.9. The van der Waals surface area contributed by atoms with E-state index in [1.165, 1.54) is 0 Å². The maximum Gasteiger partial charge on any atom is 0.118 e. The van der Waals surface area contributed by atoms with Gasteiger partial charge in [0.05, 0.1) is 62.3 Å². The van der Waals surface area contributed by atoms with Crippen LogP contribution in [0.5, 0.6) is 23.0 Å². The molecule has 0 saturated carbocycles. The number of ether oxygens (including phenoxy) is 4. The molecule has 5 heterocycles. The van der Waals surface area contributed by atoms with Crippen LogP contribution in [0, 0.1) is 0 Å². The Hall–Kier alpha value is -7.32. The fraction of sp³-hybridized carbons (Fsp3) is 0.120. The molecule has 0 aliphatic carbocycles. The van der Waals surface area contributed by atoms with Gasteiger partial charge in [0.15, 0.2) is 0 Å². The van der Waals surface area contributed by atoms with E-state index in [1.54, 1.807) is 28.4 Å². The lowest BCUT2D eigenvalue weighted by Gasteiger charge is -2.13. The number of hydrogen-bond donors (Lipinski definition) is 0. The fourth-order valence-corrected chi connectivity index (χ4v) is 8.02. The summed E-state index contributed by atoms with van der Waals surface area (Å²) >= 11 is 0. The van der Waals surface area contributed by atoms with E-state index in [1.807, 2.05) is 48.5 Å². The summed E-state index contributed by atoms with van der Waals surface area (Å²) in [4.78, 5) is 10.9. The lowest BCUT2D eigenvalue weighted by Crippen LogP contribution is -2.29. The van der Waals surface area contributed by atoms with E-state index in [2.05, 4.69) is 120 Å². The summed E-state index contributed by atoms with van der Waals surface area (Å²) in [5.41, 5.74) is 13.5. The van der Waals surface area contributed by atoms with Crippen molar-refractivity contribution in [2.45, 2.75) is 0 Å². The Labute approximate surface area is 337 Å². The van der Waals surface area contributed by atoms with E-state index in [4.69, 9.17) is 28.9 Å². The van der Waals surface area contributed by atoms with Crippen LogP contribution < -0.4 is 29.6 Å². The molecule has 6 aromatic rings. The molecular formula is C50H42N4O4. The largest absolute Gasteiger partial charge is 0.497 e. The first-order valence-electron chi connectivity index (χ1n) is 19.1. The number of hydrogen-bond acceptors (Lipinski definition) is 6. The van der Waals surface area contributed by atoms with Gasteiger partial charge in [0.25, 0.3) is 0 Å². The highest BCUT2D eigenvalue weighted by Gasteiger charge is 2.25. The molecule has 0 radical (unpaired) electrons. The molecule has 2 aromatic heterocycles. The number of allylic oxidation sites excluding steroid dienone is 5. The van der Waals surface area contributed by atoms with Gasteiger partial charge in [-0.3, -0.25) is 0 Å². The van der Waals surface area contributed by atoms with Gasteiger partial charge < -0.3 is 28.1 Å². The Kier molecular flexibility index (Phi) is 9.38. The summed E-state index contributed by atoms with van der Waals surface area (Å²) in [6.07, 6.45) is 10.6. The summed E-state index contributed by atoms with van der Waals surface area (Å²) in [5.74, 6) is 3.15. The molecule has 0 fully saturated rings. The fourth-order valence-electron chi connectivity index (χ4n) is 8.02. The zero-order valence-electron chi connectivity index (χ0n) is 33.3. The molecule has 3 aliphatic heterocycles. The summed E-state index contributed by atoms with van der Waals surface area (Å²) < 4.78 is 26.7. The lowest BCUT2D eigenvalue weighted by molar-refractivity contribution is 0.414. The first-order chi connectivity index (χ1) is 28.4. The minimum Gasteiger partial charge on any atom is -0.497 e. The highest BCUT2D eigenvalue weighted by atomic mass is 16.5. The zero-order valence-corrected chi connectivity index (χ0v) is 33.3. The molecule has 8 bridgehead atoms. The average Bonchev–Trinajstić information content (AvgIpc) is 4.09. The van der Waals surface area contributed by atoms with Crippen LogP contribution in [0.3, 0.4) is 0 Å². The summed E-state index contributed by atoms with van der Waals surface area (Å²) in [6.45, 7) is 0. The van der Waals surface area contributed by atoms with Crippen LogP contribution >= 0.6 is 0 Å². The van der Waals surface area contributed by atoms with E-state index in [0.29, 0.717) is 0 Å². The van der Waals surface area contributed by atoms with Gasteiger partial charge in [0.2, 0.25) is 0 Å². The van der Waals surface area contributed by atoms with Crippen molar-refractivity contribution in [2.24, 2.45) is 24.1 Å². The molecule has 286 valence electrons. The van der Waals surface area contributed by atoms with Gasteiger partial charge in [-0.2, -0.15) is 0 Å². The molecule has 8 nitrogen and oxygen atoms in total. The smallest absolute Gasteiger partial charge is 0.118 e. The van der Waals surface area contributed by atoms with Gasteiger partial charge in [-0.05, 0) is 113 Å². The van der Waals surface area contributed by atoms with Crippen molar-refractivity contribution in [2.75, 3.05) is 28.4 Å². The minimum absolute atomic E-state index is 0.778. The third-order valence-electron chi connectivity index (χ3n) is 11.0. The second-order valence-corrected chi connectivity index (χ2v) is 14.2. The third-order valence-corrected chi connectivity index (χ3v) is 11.0. The van der Waals surface area contributed by atoms with Gasteiger partial charge in [-0.25, -0.2) is 9.98 Å². The second kappa shape index (κ2) is 15.0. The molecule has 0 atom stereocenters. The maximum absolute atomic E-state index is 5.58. The maximum atomic E-state index is 5.58. The Bertz CT molecular complexity index is 2900. The molecule has 9 rings (SSSR count). The number of aromatic nitrogens is 2. The van der Waals surface area contributed by atoms with Crippen molar-refractivity contribution in [3.05, 3.63) is 201 Å². The van der Waals surface area contributed by atoms with Gasteiger partial charge in [0.1, 0.15) is 23.0 Å². The molecule has 8 heteroatoms. The van der Waals surface area contributed by atoms with E-state index in [-0.39, 0.29) is 0 Å². The van der Waals surface area contributed by atoms with Crippen molar-refractivity contribution < 1.29 is 18.9 Å². The number of methoxy groups -OCH3 is 4. The summed E-state index contributed by atoms with van der Waals surface area (Å²) in [6, 6.07) is 39.4. The topological polar surface area (TPSA) is 71.5 Å². The van der Waals surface area contributed by atoms with Gasteiger partial charge in [-0.1, -0.05) is 48.5 Å². The molecule has 0 amide bonds. The van der Waals surface area contributed by atoms with Gasteiger partial charge in [0, 0.05) is 53.5 Å². The van der Waals surface area contributed by atoms with E-state index >= 15 is 0 Å². The van der Waals surface area contributed by atoms with Crippen molar-refractivity contribution in [1.82, 2.24) is 9.13 Å². The first-order valence-corrected chi connectivity index (χ1v) is 19.1. The molecule has 0 spiro atoms. The summed E-state index contributed by atoms with van der Waals surface area (Å²) in [7, 11) is 11.0. The highest BCUT2D eigenvalue weighted by Crippen LogP contribution is 2.38. The number of aliphatic imine (C=N–C) groups is 2. The van der Waals surface area contributed by atoms with Crippen LogP contribution in [0.2, 0.25) is 0 Å². The van der Waals surface area contributed by atoms with E-state index in [9.17, 15) is 0 Å². The second-order valence-electron chi connectivity index (χ2n) is 14.2. The van der Waals surface area contributed by atoms with Crippen LogP contribution in [-0.4, -0.2) is 49.0 Å². The van der Waals surface area contributed by atoms with E-state index in [0.717, 1.165) is 112 Å². The monoisotopic (exact) mass is 762 g/mol. The molecular weight excluding hydrogens is 721 g/mol. The normalized spacial score (nSPS) is 14.6. The van der Waals surface area contributed by atoms with Gasteiger partial charge in [-0.15, -0.1) is 0 Å². The Balaban J connectivity index is 1.42. The average molecular weight is 763 g/mol. The Morgan fingerprint density at radius 1 is 0.397 bits per heavy atom. The van der Waals surface area contributed by atoms with Crippen molar-refractivity contribution >= 4 is 33.7 Å². The van der Waals surface area contributed by atoms with Crippen molar-refractivity contribution in [3.63, 3.8) is 0 Å². The van der Waals surface area contributed by atoms with E-state index < -0.39 is 0 Å². The number of aryl methyl sites for hydroxylation is 1. The highest BCUT2D eigenvalue weighted by molar-refractivity contribution is 6.35. The third kappa shape index (κ3) is 6.38. The van der Waals surface area contributed by atoms with Crippen LogP contribution in [0.15, 0.2) is 167 Å². The number of rotatable bonds is 8. The molecule has 3 aliphatic rings. The van der Waals surface area contributed by atoms with Crippen molar-refractivity contribution in [3.8, 4) is 23.0 Å². The SMILES string of the molecule is COc1ccc(C2=C3C=CC(=N3)C(c3ccc(OC)cc3)=c3ccc(n3C)=C(c3ccc(OC)cc3)c3cc(n(C)c3)C(c3ccc(OC)cc3)=C3C=CC2=N3)cc1. The predicted molar refractivity (Wildman–Crippen MR) is 232 cm³/mol. The Morgan fingerprint density at radius 3 is 1.24 bits per heavy atom. The predicted octanol–water partition coefficient (Wildman–Crippen LogP) is 8.05.